The van der Waals surface area contributed by atoms with Crippen molar-refractivity contribution < 1.29 is 14.4 Å². The van der Waals surface area contributed by atoms with Gasteiger partial charge in [-0.25, -0.2) is 4.98 Å². The van der Waals surface area contributed by atoms with E-state index >= 15 is 0 Å². The number of benzene rings is 2. The molecule has 1 heterocycles. The summed E-state index contributed by atoms with van der Waals surface area (Å²) < 4.78 is 0. The molecular formula is C33H40N4O3. The number of carbonyl (C=O) groups is 3. The van der Waals surface area contributed by atoms with Crippen molar-refractivity contribution in [2.24, 2.45) is 0 Å². The summed E-state index contributed by atoms with van der Waals surface area (Å²) in [6.45, 7) is 6.04. The molecule has 0 spiro atoms. The van der Waals surface area contributed by atoms with Gasteiger partial charge >= 0.3 is 0 Å². The lowest BCUT2D eigenvalue weighted by Gasteiger charge is -2.34. The predicted molar refractivity (Wildman–Crippen MR) is 159 cm³/mol. The van der Waals surface area contributed by atoms with Crippen molar-refractivity contribution in [3.8, 4) is 0 Å². The van der Waals surface area contributed by atoms with Gasteiger partial charge in [-0.15, -0.1) is 0 Å². The molecule has 1 atom stereocenters. The normalized spacial score (nSPS) is 14.3. The molecular weight excluding hydrogens is 500 g/mol. The van der Waals surface area contributed by atoms with Crippen LogP contribution in [0.4, 0.5) is 11.5 Å². The zero-order valence-electron chi connectivity index (χ0n) is 23.8. The van der Waals surface area contributed by atoms with Gasteiger partial charge in [-0.1, -0.05) is 61.2 Å². The monoisotopic (exact) mass is 540 g/mol. The Morgan fingerprint density at radius 2 is 1.65 bits per heavy atom. The molecule has 210 valence electrons. The molecule has 1 aromatic heterocycles. The van der Waals surface area contributed by atoms with Crippen molar-refractivity contribution in [2.75, 3.05) is 10.2 Å². The summed E-state index contributed by atoms with van der Waals surface area (Å²) in [6, 6.07) is 18.3. The van der Waals surface area contributed by atoms with Crippen LogP contribution in [-0.4, -0.2) is 28.7 Å². The third-order valence-corrected chi connectivity index (χ3v) is 7.62. The maximum Gasteiger partial charge on any atom is 0.248 e. The fraction of sp³-hybridized carbons (Fsp3) is 0.394. The molecule has 0 saturated heterocycles. The van der Waals surface area contributed by atoms with E-state index in [1.54, 1.807) is 29.3 Å². The second-order valence-electron chi connectivity index (χ2n) is 10.8. The highest BCUT2D eigenvalue weighted by Gasteiger charge is 2.34. The van der Waals surface area contributed by atoms with E-state index in [-0.39, 0.29) is 36.6 Å². The number of hydrogen-bond donors (Lipinski definition) is 2. The van der Waals surface area contributed by atoms with Crippen molar-refractivity contribution in [2.45, 2.75) is 84.2 Å². The number of anilines is 2. The second-order valence-corrected chi connectivity index (χ2v) is 10.8. The van der Waals surface area contributed by atoms with Crippen LogP contribution < -0.4 is 15.5 Å². The molecule has 1 fully saturated rings. The van der Waals surface area contributed by atoms with E-state index in [1.165, 1.54) is 6.42 Å². The summed E-state index contributed by atoms with van der Waals surface area (Å²) >= 11 is 0. The maximum absolute atomic E-state index is 14.0. The first-order chi connectivity index (χ1) is 19.3. The lowest BCUT2D eigenvalue weighted by molar-refractivity contribution is -0.127. The summed E-state index contributed by atoms with van der Waals surface area (Å²) in [5.74, 6) is -0.0859. The molecule has 1 unspecified atom stereocenters. The van der Waals surface area contributed by atoms with Crippen LogP contribution in [-0.2, 0) is 14.4 Å². The molecule has 2 N–H and O–H groups in total. The Kier molecular flexibility index (Phi) is 10.1. The van der Waals surface area contributed by atoms with Crippen LogP contribution in [0.15, 0.2) is 66.9 Å². The van der Waals surface area contributed by atoms with Gasteiger partial charge < -0.3 is 10.6 Å². The molecule has 1 saturated carbocycles. The number of aromatic nitrogens is 1. The lowest BCUT2D eigenvalue weighted by Crippen LogP contribution is -2.47. The van der Waals surface area contributed by atoms with E-state index in [9.17, 15) is 14.4 Å². The summed E-state index contributed by atoms with van der Waals surface area (Å²) in [6.07, 6.45) is 7.56. The van der Waals surface area contributed by atoms with Gasteiger partial charge in [0.25, 0.3) is 0 Å². The highest BCUT2D eigenvalue weighted by Crippen LogP contribution is 2.31. The van der Waals surface area contributed by atoms with Gasteiger partial charge in [0.15, 0.2) is 0 Å². The van der Waals surface area contributed by atoms with Crippen LogP contribution in [0.25, 0.3) is 0 Å². The minimum absolute atomic E-state index is 0.112. The van der Waals surface area contributed by atoms with Crippen molar-refractivity contribution in [3.63, 3.8) is 0 Å². The van der Waals surface area contributed by atoms with E-state index in [1.807, 2.05) is 63.2 Å². The second kappa shape index (κ2) is 13.9. The standard InChI is InChI=1S/C33H40N4O3/c1-23-15-18-26(19-16-23)32(33(40)35-27-10-5-4-6-11-27)37(28-20-17-24(2)25(3)22-28)31(39)14-9-13-30(38)36-29-12-7-8-21-34-29/h7-8,12,15-22,27,32H,4-6,9-11,13-14H2,1-3H3,(H,35,40)(H,34,36,38). The minimum Gasteiger partial charge on any atom is -0.351 e. The molecule has 0 aliphatic heterocycles. The Hall–Kier alpha value is -4.00. The molecule has 7 heteroatoms. The molecule has 7 nitrogen and oxygen atoms in total. The van der Waals surface area contributed by atoms with E-state index < -0.39 is 6.04 Å². The number of aryl methyl sites for hydroxylation is 3. The molecule has 0 radical (unpaired) electrons. The highest BCUT2D eigenvalue weighted by molar-refractivity contribution is 6.01. The number of carbonyl (C=O) groups excluding carboxylic acids is 3. The fourth-order valence-corrected chi connectivity index (χ4v) is 5.17. The maximum atomic E-state index is 14.0. The third kappa shape index (κ3) is 7.78. The number of hydrogen-bond acceptors (Lipinski definition) is 4. The Bertz CT molecular complexity index is 1300. The zero-order valence-corrected chi connectivity index (χ0v) is 23.8. The molecule has 2 aromatic carbocycles. The van der Waals surface area contributed by atoms with E-state index in [2.05, 4.69) is 15.6 Å². The third-order valence-electron chi connectivity index (χ3n) is 7.62. The zero-order chi connectivity index (χ0) is 28.5. The molecule has 0 bridgehead atoms. The van der Waals surface area contributed by atoms with Crippen molar-refractivity contribution in [3.05, 3.63) is 89.1 Å². The summed E-state index contributed by atoms with van der Waals surface area (Å²) in [4.78, 5) is 46.2. The van der Waals surface area contributed by atoms with Gasteiger partial charge in [0.05, 0.1) is 0 Å². The van der Waals surface area contributed by atoms with Crippen LogP contribution in [0.5, 0.6) is 0 Å². The lowest BCUT2D eigenvalue weighted by atomic mass is 9.94. The number of nitrogens with zero attached hydrogens (tertiary/aromatic N) is 2. The van der Waals surface area contributed by atoms with Gasteiger partial charge in [0.2, 0.25) is 17.7 Å². The molecule has 3 amide bonds. The number of amides is 3. The van der Waals surface area contributed by atoms with Crippen LogP contribution in [0.3, 0.4) is 0 Å². The topological polar surface area (TPSA) is 91.4 Å². The molecule has 40 heavy (non-hydrogen) atoms. The van der Waals surface area contributed by atoms with E-state index in [0.29, 0.717) is 17.9 Å². The molecule has 1 aliphatic rings. The average Bonchev–Trinajstić information content (AvgIpc) is 2.95. The van der Waals surface area contributed by atoms with Crippen LogP contribution >= 0.6 is 0 Å². The Morgan fingerprint density at radius 1 is 0.900 bits per heavy atom. The smallest absolute Gasteiger partial charge is 0.248 e. The van der Waals surface area contributed by atoms with Gasteiger partial charge in [-0.3, -0.25) is 19.3 Å². The molecule has 4 rings (SSSR count). The Labute approximate surface area is 237 Å². The van der Waals surface area contributed by atoms with Crippen LogP contribution in [0.2, 0.25) is 0 Å². The summed E-state index contributed by atoms with van der Waals surface area (Å²) in [5, 5.41) is 6.03. The quantitative estimate of drug-likeness (QED) is 0.314. The largest absolute Gasteiger partial charge is 0.351 e. The van der Waals surface area contributed by atoms with Gasteiger partial charge in [-0.05, 0) is 81.0 Å². The van der Waals surface area contributed by atoms with Crippen LogP contribution in [0.1, 0.15) is 79.7 Å². The SMILES string of the molecule is Cc1ccc(C(C(=O)NC2CCCCC2)N(C(=O)CCCC(=O)Nc2ccccn2)c2ccc(C)c(C)c2)cc1. The predicted octanol–water partition coefficient (Wildman–Crippen LogP) is 6.34. The Morgan fingerprint density at radius 3 is 2.33 bits per heavy atom. The number of rotatable bonds is 10. The molecule has 3 aromatic rings. The molecule has 1 aliphatic carbocycles. The van der Waals surface area contributed by atoms with Crippen LogP contribution in [0, 0.1) is 20.8 Å². The first-order valence-corrected chi connectivity index (χ1v) is 14.3. The number of pyridine rings is 1. The van der Waals surface area contributed by atoms with E-state index in [4.69, 9.17) is 0 Å². The summed E-state index contributed by atoms with van der Waals surface area (Å²) in [5.41, 5.74) is 4.67. The minimum atomic E-state index is -0.820. The first-order valence-electron chi connectivity index (χ1n) is 14.3. The van der Waals surface area contributed by atoms with E-state index in [0.717, 1.165) is 47.9 Å². The van der Waals surface area contributed by atoms with Gasteiger partial charge in [0, 0.05) is 30.8 Å². The van der Waals surface area contributed by atoms with Crippen molar-refractivity contribution >= 4 is 29.2 Å². The summed E-state index contributed by atoms with van der Waals surface area (Å²) in [7, 11) is 0. The van der Waals surface area contributed by atoms with Gasteiger partial charge in [-0.2, -0.15) is 0 Å². The van der Waals surface area contributed by atoms with Crippen molar-refractivity contribution in [1.82, 2.24) is 10.3 Å². The average molecular weight is 541 g/mol. The first kappa shape index (κ1) is 29.0. The fourth-order valence-electron chi connectivity index (χ4n) is 5.17. The van der Waals surface area contributed by atoms with Gasteiger partial charge in [0.1, 0.15) is 11.9 Å². The number of nitrogens with one attached hydrogen (secondary N) is 2. The highest BCUT2D eigenvalue weighted by atomic mass is 16.2. The Balaban J connectivity index is 1.59. The van der Waals surface area contributed by atoms with Crippen molar-refractivity contribution in [1.29, 1.82) is 0 Å².